The Labute approximate surface area is 124 Å². The lowest BCUT2D eigenvalue weighted by Crippen LogP contribution is -2.13. The molecule has 0 radical (unpaired) electrons. The Morgan fingerprint density at radius 2 is 1.85 bits per heavy atom. The molecule has 0 unspecified atom stereocenters. The van der Waals surface area contributed by atoms with Gasteiger partial charge in [-0.05, 0) is 55.2 Å². The summed E-state index contributed by atoms with van der Waals surface area (Å²) >= 11 is 0. The second-order valence-corrected chi connectivity index (χ2v) is 6.03. The molecule has 1 heteroatoms. The minimum Gasteiger partial charge on any atom is -0.490 e. The van der Waals surface area contributed by atoms with Gasteiger partial charge in [-0.15, -0.1) is 0 Å². The van der Waals surface area contributed by atoms with Crippen LogP contribution in [-0.4, -0.2) is 6.61 Å². The summed E-state index contributed by atoms with van der Waals surface area (Å²) in [6.45, 7) is 6.55. The molecule has 2 rings (SSSR count). The first kappa shape index (κ1) is 15.2. The predicted molar refractivity (Wildman–Crippen MR) is 86.4 cm³/mol. The van der Waals surface area contributed by atoms with E-state index >= 15 is 0 Å². The summed E-state index contributed by atoms with van der Waals surface area (Å²) in [6.07, 6.45) is 11.5. The lowest BCUT2D eigenvalue weighted by atomic mass is 9.77. The zero-order valence-corrected chi connectivity index (χ0v) is 12.8. The van der Waals surface area contributed by atoms with Crippen molar-refractivity contribution in [3.63, 3.8) is 0 Å². The molecule has 1 nitrogen and oxygen atoms in total. The zero-order valence-electron chi connectivity index (χ0n) is 12.8. The standard InChI is InChI=1S/C19H28O/c1-3-5-6-16-7-9-17(10-8-16)18-11-13-19(14-12-18)20-15-4-2/h4,11-14,16-17H,2-3,5-10,15H2,1H3/t16-,17-. The van der Waals surface area contributed by atoms with Crippen LogP contribution in [0.1, 0.15) is 63.4 Å². The van der Waals surface area contributed by atoms with E-state index in [1.807, 2.05) is 0 Å². The molecule has 0 aliphatic heterocycles. The van der Waals surface area contributed by atoms with Crippen LogP contribution in [0.25, 0.3) is 0 Å². The van der Waals surface area contributed by atoms with Gasteiger partial charge in [-0.3, -0.25) is 0 Å². The van der Waals surface area contributed by atoms with Gasteiger partial charge in [-0.2, -0.15) is 0 Å². The molecule has 1 aliphatic rings. The summed E-state index contributed by atoms with van der Waals surface area (Å²) in [7, 11) is 0. The van der Waals surface area contributed by atoms with E-state index in [0.717, 1.165) is 17.6 Å². The molecule has 0 amide bonds. The zero-order chi connectivity index (χ0) is 14.2. The highest BCUT2D eigenvalue weighted by Gasteiger charge is 2.21. The largest absolute Gasteiger partial charge is 0.490 e. The van der Waals surface area contributed by atoms with Gasteiger partial charge in [-0.25, -0.2) is 0 Å². The van der Waals surface area contributed by atoms with Crippen LogP contribution in [0.2, 0.25) is 0 Å². The monoisotopic (exact) mass is 272 g/mol. The normalized spacial score (nSPS) is 22.4. The number of benzene rings is 1. The second kappa shape index (κ2) is 8.14. The number of unbranched alkanes of at least 4 members (excludes halogenated alkanes) is 1. The molecule has 0 spiro atoms. The number of hydrogen-bond acceptors (Lipinski definition) is 1. The van der Waals surface area contributed by atoms with E-state index in [4.69, 9.17) is 4.74 Å². The second-order valence-electron chi connectivity index (χ2n) is 6.03. The van der Waals surface area contributed by atoms with Crippen LogP contribution in [-0.2, 0) is 0 Å². The molecule has 1 saturated carbocycles. The van der Waals surface area contributed by atoms with Crippen LogP contribution < -0.4 is 4.74 Å². The van der Waals surface area contributed by atoms with Crippen LogP contribution in [0.3, 0.4) is 0 Å². The summed E-state index contributed by atoms with van der Waals surface area (Å²) in [6, 6.07) is 8.69. The number of hydrogen-bond donors (Lipinski definition) is 0. The molecular formula is C19H28O. The van der Waals surface area contributed by atoms with Crippen molar-refractivity contribution in [2.45, 2.75) is 57.8 Å². The van der Waals surface area contributed by atoms with E-state index in [2.05, 4.69) is 37.8 Å². The fraction of sp³-hybridized carbons (Fsp3) is 0.579. The van der Waals surface area contributed by atoms with E-state index in [1.54, 1.807) is 6.08 Å². The molecule has 0 aromatic heterocycles. The van der Waals surface area contributed by atoms with Gasteiger partial charge >= 0.3 is 0 Å². The molecular weight excluding hydrogens is 244 g/mol. The van der Waals surface area contributed by atoms with Gasteiger partial charge < -0.3 is 4.74 Å². The molecule has 1 aromatic rings. The van der Waals surface area contributed by atoms with Crippen LogP contribution in [0.4, 0.5) is 0 Å². The Morgan fingerprint density at radius 3 is 2.45 bits per heavy atom. The van der Waals surface area contributed by atoms with Gasteiger partial charge in [0.2, 0.25) is 0 Å². The third-order valence-electron chi connectivity index (χ3n) is 4.53. The van der Waals surface area contributed by atoms with Crippen molar-refractivity contribution in [1.82, 2.24) is 0 Å². The first-order valence-electron chi connectivity index (χ1n) is 8.17. The van der Waals surface area contributed by atoms with E-state index in [0.29, 0.717) is 6.61 Å². The predicted octanol–water partition coefficient (Wildman–Crippen LogP) is 5.72. The van der Waals surface area contributed by atoms with Crippen LogP contribution in [0, 0.1) is 5.92 Å². The molecule has 0 heterocycles. The molecule has 0 atom stereocenters. The average molecular weight is 272 g/mol. The summed E-state index contributed by atoms with van der Waals surface area (Å²) in [4.78, 5) is 0. The van der Waals surface area contributed by atoms with Crippen LogP contribution >= 0.6 is 0 Å². The maximum absolute atomic E-state index is 5.54. The maximum atomic E-state index is 5.54. The highest BCUT2D eigenvalue weighted by atomic mass is 16.5. The molecule has 110 valence electrons. The van der Waals surface area contributed by atoms with E-state index < -0.39 is 0 Å². The maximum Gasteiger partial charge on any atom is 0.119 e. The Morgan fingerprint density at radius 1 is 1.15 bits per heavy atom. The van der Waals surface area contributed by atoms with Crippen molar-refractivity contribution in [2.75, 3.05) is 6.61 Å². The molecule has 20 heavy (non-hydrogen) atoms. The molecule has 0 N–H and O–H groups in total. The molecule has 1 aromatic carbocycles. The number of ether oxygens (including phenoxy) is 1. The fourth-order valence-corrected chi connectivity index (χ4v) is 3.27. The number of rotatable bonds is 7. The first-order valence-corrected chi connectivity index (χ1v) is 8.17. The smallest absolute Gasteiger partial charge is 0.119 e. The van der Waals surface area contributed by atoms with E-state index in [-0.39, 0.29) is 0 Å². The summed E-state index contributed by atoms with van der Waals surface area (Å²) in [5, 5.41) is 0. The minimum atomic E-state index is 0.585. The lowest BCUT2D eigenvalue weighted by Gasteiger charge is -2.28. The fourth-order valence-electron chi connectivity index (χ4n) is 3.27. The first-order chi connectivity index (χ1) is 9.83. The quantitative estimate of drug-likeness (QED) is 0.577. The van der Waals surface area contributed by atoms with Crippen LogP contribution in [0.5, 0.6) is 5.75 Å². The van der Waals surface area contributed by atoms with Crippen molar-refractivity contribution >= 4 is 0 Å². The minimum absolute atomic E-state index is 0.585. The molecule has 1 aliphatic carbocycles. The lowest BCUT2D eigenvalue weighted by molar-refractivity contribution is 0.304. The van der Waals surface area contributed by atoms with Gasteiger partial charge in [0.15, 0.2) is 0 Å². The summed E-state index contributed by atoms with van der Waals surface area (Å²) in [5.74, 6) is 2.70. The summed E-state index contributed by atoms with van der Waals surface area (Å²) < 4.78 is 5.54. The van der Waals surface area contributed by atoms with Crippen molar-refractivity contribution in [3.05, 3.63) is 42.5 Å². The molecule has 0 saturated heterocycles. The van der Waals surface area contributed by atoms with Gasteiger partial charge in [0.1, 0.15) is 12.4 Å². The topological polar surface area (TPSA) is 9.23 Å². The Balaban J connectivity index is 1.82. The van der Waals surface area contributed by atoms with Gasteiger partial charge in [0.25, 0.3) is 0 Å². The van der Waals surface area contributed by atoms with Crippen molar-refractivity contribution in [3.8, 4) is 5.75 Å². The molecule has 1 fully saturated rings. The Bertz CT molecular complexity index is 385. The Kier molecular flexibility index (Phi) is 6.17. The van der Waals surface area contributed by atoms with Gasteiger partial charge in [0, 0.05) is 0 Å². The third-order valence-corrected chi connectivity index (χ3v) is 4.53. The van der Waals surface area contributed by atoms with Gasteiger partial charge in [-0.1, -0.05) is 51.0 Å². The highest BCUT2D eigenvalue weighted by molar-refractivity contribution is 5.29. The molecule has 0 bridgehead atoms. The van der Waals surface area contributed by atoms with Crippen molar-refractivity contribution in [1.29, 1.82) is 0 Å². The van der Waals surface area contributed by atoms with Crippen molar-refractivity contribution in [2.24, 2.45) is 5.92 Å². The van der Waals surface area contributed by atoms with Gasteiger partial charge in [0.05, 0.1) is 0 Å². The third kappa shape index (κ3) is 4.40. The SMILES string of the molecule is C=CCOc1ccc([C@H]2CC[C@H](CCCC)CC2)cc1. The van der Waals surface area contributed by atoms with E-state index in [9.17, 15) is 0 Å². The van der Waals surface area contributed by atoms with Crippen molar-refractivity contribution < 1.29 is 4.74 Å². The average Bonchev–Trinajstić information content (AvgIpc) is 2.52. The summed E-state index contributed by atoms with van der Waals surface area (Å²) in [5.41, 5.74) is 1.49. The van der Waals surface area contributed by atoms with Crippen LogP contribution in [0.15, 0.2) is 36.9 Å². The Hall–Kier alpha value is -1.24. The van der Waals surface area contributed by atoms with E-state index in [1.165, 1.54) is 50.5 Å². The highest BCUT2D eigenvalue weighted by Crippen LogP contribution is 2.38.